The van der Waals surface area contributed by atoms with E-state index in [-0.39, 0.29) is 17.2 Å². The van der Waals surface area contributed by atoms with Crippen molar-refractivity contribution in [2.75, 3.05) is 5.32 Å². The molecule has 0 fully saturated rings. The zero-order valence-corrected chi connectivity index (χ0v) is 13.4. The van der Waals surface area contributed by atoms with Crippen molar-refractivity contribution in [2.45, 2.75) is 6.92 Å². The van der Waals surface area contributed by atoms with Crippen molar-refractivity contribution in [1.29, 1.82) is 0 Å². The number of aryl methyl sites for hydroxylation is 2. The zero-order chi connectivity index (χ0) is 16.6. The summed E-state index contributed by atoms with van der Waals surface area (Å²) in [6.07, 6.45) is 0. The van der Waals surface area contributed by atoms with Crippen LogP contribution >= 0.6 is 11.6 Å². The van der Waals surface area contributed by atoms with Crippen LogP contribution in [0.3, 0.4) is 0 Å². The lowest BCUT2D eigenvalue weighted by Gasteiger charge is -2.10. The fourth-order valence-corrected chi connectivity index (χ4v) is 2.64. The first-order valence-corrected chi connectivity index (χ1v) is 7.39. The SMILES string of the molecule is Cc1cc(Cl)ccc1NC(=O)c1nn(C)c(=O)c2ccccc12. The molecule has 3 aromatic rings. The number of nitrogens with one attached hydrogen (secondary N) is 1. The van der Waals surface area contributed by atoms with Gasteiger partial charge in [-0.3, -0.25) is 9.59 Å². The van der Waals surface area contributed by atoms with Gasteiger partial charge in [-0.05, 0) is 36.8 Å². The number of halogens is 1. The number of aromatic nitrogens is 2. The molecule has 0 saturated heterocycles. The number of rotatable bonds is 2. The molecule has 1 N–H and O–H groups in total. The van der Waals surface area contributed by atoms with Gasteiger partial charge in [0.1, 0.15) is 0 Å². The summed E-state index contributed by atoms with van der Waals surface area (Å²) < 4.78 is 1.17. The lowest BCUT2D eigenvalue weighted by atomic mass is 10.1. The molecule has 0 unspecified atom stereocenters. The molecule has 0 aliphatic carbocycles. The van der Waals surface area contributed by atoms with E-state index in [2.05, 4.69) is 10.4 Å². The van der Waals surface area contributed by atoms with Gasteiger partial charge in [0.05, 0.1) is 5.39 Å². The molecule has 5 nitrogen and oxygen atoms in total. The first kappa shape index (κ1) is 15.2. The van der Waals surface area contributed by atoms with E-state index in [0.29, 0.717) is 21.5 Å². The van der Waals surface area contributed by atoms with Gasteiger partial charge in [0.2, 0.25) is 0 Å². The van der Waals surface area contributed by atoms with Crippen LogP contribution in [0.25, 0.3) is 10.8 Å². The summed E-state index contributed by atoms with van der Waals surface area (Å²) in [5.74, 6) is -0.373. The van der Waals surface area contributed by atoms with Crippen LogP contribution in [-0.2, 0) is 7.05 Å². The third-order valence-electron chi connectivity index (χ3n) is 3.61. The monoisotopic (exact) mass is 327 g/mol. The van der Waals surface area contributed by atoms with E-state index in [9.17, 15) is 9.59 Å². The molecular formula is C17H14ClN3O2. The van der Waals surface area contributed by atoms with Crippen molar-refractivity contribution in [2.24, 2.45) is 7.05 Å². The van der Waals surface area contributed by atoms with E-state index in [1.165, 1.54) is 11.7 Å². The number of amides is 1. The van der Waals surface area contributed by atoms with Crippen LogP contribution in [0.1, 0.15) is 16.1 Å². The van der Waals surface area contributed by atoms with Gasteiger partial charge >= 0.3 is 0 Å². The first-order valence-electron chi connectivity index (χ1n) is 7.01. The van der Waals surface area contributed by atoms with Crippen molar-refractivity contribution in [3.05, 3.63) is 69.1 Å². The van der Waals surface area contributed by atoms with E-state index >= 15 is 0 Å². The third kappa shape index (κ3) is 2.83. The molecule has 3 rings (SSSR count). The molecule has 0 radical (unpaired) electrons. The van der Waals surface area contributed by atoms with Crippen molar-refractivity contribution in [3.63, 3.8) is 0 Å². The molecule has 0 aliphatic heterocycles. The number of hydrogen-bond donors (Lipinski definition) is 1. The maximum Gasteiger partial charge on any atom is 0.276 e. The van der Waals surface area contributed by atoms with E-state index < -0.39 is 0 Å². The van der Waals surface area contributed by atoms with Crippen LogP contribution < -0.4 is 10.9 Å². The Morgan fingerprint density at radius 1 is 1.17 bits per heavy atom. The van der Waals surface area contributed by atoms with Crippen molar-refractivity contribution >= 4 is 34.0 Å². The smallest absolute Gasteiger partial charge is 0.276 e. The highest BCUT2D eigenvalue weighted by atomic mass is 35.5. The highest BCUT2D eigenvalue weighted by molar-refractivity contribution is 6.30. The molecule has 1 aromatic heterocycles. The third-order valence-corrected chi connectivity index (χ3v) is 3.84. The predicted octanol–water partition coefficient (Wildman–Crippen LogP) is 3.15. The normalized spacial score (nSPS) is 10.7. The highest BCUT2D eigenvalue weighted by Crippen LogP contribution is 2.21. The van der Waals surface area contributed by atoms with Crippen LogP contribution in [0, 0.1) is 6.92 Å². The summed E-state index contributed by atoms with van der Waals surface area (Å²) in [7, 11) is 1.53. The standard InChI is InChI=1S/C17H14ClN3O2/c1-10-9-11(18)7-8-14(10)19-16(22)15-12-5-3-4-6-13(12)17(23)21(2)20-15/h3-9H,1-2H3,(H,19,22). The summed E-state index contributed by atoms with van der Waals surface area (Å²) in [5, 5.41) is 8.52. The summed E-state index contributed by atoms with van der Waals surface area (Å²) in [6, 6.07) is 12.1. The number of fused-ring (bicyclic) bond motifs is 1. The van der Waals surface area contributed by atoms with Crippen molar-refractivity contribution in [3.8, 4) is 0 Å². The second-order valence-corrected chi connectivity index (χ2v) is 5.67. The quantitative estimate of drug-likeness (QED) is 0.786. The Balaban J connectivity index is 2.08. The van der Waals surface area contributed by atoms with Crippen LogP contribution in [0.2, 0.25) is 5.02 Å². The number of carbonyl (C=O) groups is 1. The van der Waals surface area contributed by atoms with Gasteiger partial charge in [-0.25, -0.2) is 4.68 Å². The van der Waals surface area contributed by atoms with Gasteiger partial charge < -0.3 is 5.32 Å². The zero-order valence-electron chi connectivity index (χ0n) is 12.6. The van der Waals surface area contributed by atoms with Crippen LogP contribution in [0.5, 0.6) is 0 Å². The summed E-state index contributed by atoms with van der Waals surface area (Å²) in [5.41, 5.74) is 1.47. The minimum absolute atomic E-state index is 0.206. The van der Waals surface area contributed by atoms with Gasteiger partial charge in [0.25, 0.3) is 11.5 Å². The van der Waals surface area contributed by atoms with E-state index in [1.807, 2.05) is 6.92 Å². The molecule has 6 heteroatoms. The molecule has 0 spiro atoms. The number of anilines is 1. The summed E-state index contributed by atoms with van der Waals surface area (Å²) in [4.78, 5) is 24.7. The van der Waals surface area contributed by atoms with Gasteiger partial charge in [0, 0.05) is 23.1 Å². The second kappa shape index (κ2) is 5.85. The molecular weight excluding hydrogens is 314 g/mol. The Morgan fingerprint density at radius 2 is 1.87 bits per heavy atom. The fraction of sp³-hybridized carbons (Fsp3) is 0.118. The van der Waals surface area contributed by atoms with E-state index in [4.69, 9.17) is 11.6 Å². The number of hydrogen-bond acceptors (Lipinski definition) is 3. The summed E-state index contributed by atoms with van der Waals surface area (Å²) in [6.45, 7) is 1.85. The maximum absolute atomic E-state index is 12.6. The number of carbonyl (C=O) groups excluding carboxylic acids is 1. The predicted molar refractivity (Wildman–Crippen MR) is 91.1 cm³/mol. The van der Waals surface area contributed by atoms with Crippen LogP contribution in [0.15, 0.2) is 47.3 Å². The number of nitrogens with zero attached hydrogens (tertiary/aromatic N) is 2. The van der Waals surface area contributed by atoms with Crippen LogP contribution in [-0.4, -0.2) is 15.7 Å². The summed E-state index contributed by atoms with van der Waals surface area (Å²) >= 11 is 5.92. The molecule has 0 atom stereocenters. The molecule has 1 heterocycles. The Bertz CT molecular complexity index is 979. The molecule has 23 heavy (non-hydrogen) atoms. The lowest BCUT2D eigenvalue weighted by Crippen LogP contribution is -2.25. The van der Waals surface area contributed by atoms with E-state index in [1.54, 1.807) is 42.5 Å². The number of benzene rings is 2. The molecule has 1 amide bonds. The molecule has 0 aliphatic rings. The molecule has 0 bridgehead atoms. The van der Waals surface area contributed by atoms with Gasteiger partial charge in [-0.15, -0.1) is 0 Å². The van der Waals surface area contributed by atoms with Gasteiger partial charge in [-0.2, -0.15) is 5.10 Å². The average molecular weight is 328 g/mol. The Morgan fingerprint density at radius 3 is 2.57 bits per heavy atom. The Labute approximate surface area is 137 Å². The van der Waals surface area contributed by atoms with Crippen LogP contribution in [0.4, 0.5) is 5.69 Å². The first-order chi connectivity index (χ1) is 11.0. The van der Waals surface area contributed by atoms with E-state index in [0.717, 1.165) is 5.56 Å². The fourth-order valence-electron chi connectivity index (χ4n) is 2.42. The van der Waals surface area contributed by atoms with Gasteiger partial charge in [-0.1, -0.05) is 29.8 Å². The minimum atomic E-state index is -0.373. The largest absolute Gasteiger partial charge is 0.320 e. The van der Waals surface area contributed by atoms with Crippen molar-refractivity contribution in [1.82, 2.24) is 9.78 Å². The molecule has 116 valence electrons. The highest BCUT2D eigenvalue weighted by Gasteiger charge is 2.16. The Hall–Kier alpha value is -2.66. The topological polar surface area (TPSA) is 64.0 Å². The Kier molecular flexibility index (Phi) is 3.88. The second-order valence-electron chi connectivity index (χ2n) is 5.24. The lowest BCUT2D eigenvalue weighted by molar-refractivity contribution is 0.102. The van der Waals surface area contributed by atoms with Crippen molar-refractivity contribution < 1.29 is 4.79 Å². The molecule has 0 saturated carbocycles. The minimum Gasteiger partial charge on any atom is -0.320 e. The molecule has 2 aromatic carbocycles. The maximum atomic E-state index is 12.6. The van der Waals surface area contributed by atoms with Gasteiger partial charge in [0.15, 0.2) is 5.69 Å². The average Bonchev–Trinajstić information content (AvgIpc) is 2.53.